The third-order valence-corrected chi connectivity index (χ3v) is 4.37. The lowest BCUT2D eigenvalue weighted by Gasteiger charge is -2.18. The zero-order valence-corrected chi connectivity index (χ0v) is 15.6. The molecular weight excluding hydrogens is 299 g/mol. The van der Waals surface area contributed by atoms with Crippen molar-refractivity contribution in [1.29, 1.82) is 0 Å². The minimum atomic E-state index is -1.76. The highest BCUT2D eigenvalue weighted by molar-refractivity contribution is 6.32. The Balaban J connectivity index is 3.17. The second-order valence-electron chi connectivity index (χ2n) is 6.35. The van der Waals surface area contributed by atoms with Crippen molar-refractivity contribution in [3.8, 4) is 0 Å². The predicted molar refractivity (Wildman–Crippen MR) is 103 cm³/mol. The Morgan fingerprint density at radius 3 is 2.04 bits per heavy atom. The fourth-order valence-electron chi connectivity index (χ4n) is 3.01. The van der Waals surface area contributed by atoms with E-state index in [-0.39, 0.29) is 0 Å². The van der Waals surface area contributed by atoms with Gasteiger partial charge in [0, 0.05) is 0 Å². The molecule has 0 aliphatic rings. The maximum absolute atomic E-state index is 8.84. The lowest BCUT2D eigenvalue weighted by Crippen LogP contribution is -2.12. The molecule has 0 spiro atoms. The molecule has 4 heteroatoms. The van der Waals surface area contributed by atoms with Crippen LogP contribution in [0.25, 0.3) is 6.08 Å². The van der Waals surface area contributed by atoms with Crippen molar-refractivity contribution in [2.75, 3.05) is 0 Å². The molecule has 1 aromatic carbocycles. The first kappa shape index (κ1) is 20.8. The van der Waals surface area contributed by atoms with Crippen LogP contribution in [0, 0.1) is 0 Å². The summed E-state index contributed by atoms with van der Waals surface area (Å²) < 4.78 is 4.75. The summed E-state index contributed by atoms with van der Waals surface area (Å²) in [6, 6.07) is 4.39. The average Bonchev–Trinajstić information content (AvgIpc) is 2.57. The first-order valence-electron chi connectivity index (χ1n) is 9.45. The first-order valence-corrected chi connectivity index (χ1v) is 9.45. The van der Waals surface area contributed by atoms with Gasteiger partial charge in [0.1, 0.15) is 0 Å². The first-order chi connectivity index (χ1) is 11.6. The second kappa shape index (κ2) is 12.2. The Morgan fingerprint density at radius 1 is 0.875 bits per heavy atom. The van der Waals surface area contributed by atoms with E-state index in [0.717, 1.165) is 24.8 Å². The van der Waals surface area contributed by atoms with Crippen molar-refractivity contribution < 1.29 is 14.7 Å². The van der Waals surface area contributed by atoms with Crippen LogP contribution in [0.4, 0.5) is 0 Å². The van der Waals surface area contributed by atoms with Gasteiger partial charge in [0.15, 0.2) is 0 Å². The van der Waals surface area contributed by atoms with Gasteiger partial charge in [0.25, 0.3) is 0 Å². The molecular formula is C20H33BO3. The van der Waals surface area contributed by atoms with E-state index in [1.165, 1.54) is 61.5 Å². The maximum Gasteiger partial charge on any atom is 0.707 e. The molecule has 0 aromatic heterocycles. The van der Waals surface area contributed by atoms with Crippen LogP contribution < -0.4 is 0 Å². The molecule has 0 unspecified atom stereocenters. The van der Waals surface area contributed by atoms with Crippen molar-refractivity contribution in [3.05, 3.63) is 40.6 Å². The van der Waals surface area contributed by atoms with E-state index in [9.17, 15) is 0 Å². The molecule has 0 heterocycles. The maximum atomic E-state index is 8.84. The second-order valence-corrected chi connectivity index (χ2v) is 6.35. The van der Waals surface area contributed by atoms with Crippen LogP contribution in [0.1, 0.15) is 81.5 Å². The van der Waals surface area contributed by atoms with Crippen LogP contribution in [0.2, 0.25) is 0 Å². The van der Waals surface area contributed by atoms with Gasteiger partial charge in [-0.1, -0.05) is 52.2 Å². The van der Waals surface area contributed by atoms with Crippen LogP contribution in [-0.4, -0.2) is 17.4 Å². The van der Waals surface area contributed by atoms with Crippen LogP contribution >= 0.6 is 0 Å². The number of aryl methyl sites for hydroxylation is 1. The van der Waals surface area contributed by atoms with Gasteiger partial charge in [-0.3, -0.25) is 0 Å². The molecule has 0 aliphatic carbocycles. The fraction of sp³-hybridized carbons (Fsp3) is 0.600. The summed E-state index contributed by atoms with van der Waals surface area (Å²) in [7, 11) is -1.76. The molecule has 0 bridgehead atoms. The van der Waals surface area contributed by atoms with Gasteiger partial charge in [-0.25, -0.2) is 0 Å². The summed E-state index contributed by atoms with van der Waals surface area (Å²) in [5.41, 5.74) is 5.53. The van der Waals surface area contributed by atoms with Gasteiger partial charge in [0.05, 0.1) is 6.26 Å². The van der Waals surface area contributed by atoms with Gasteiger partial charge in [-0.15, -0.1) is 0 Å². The van der Waals surface area contributed by atoms with Crippen LogP contribution in [0.3, 0.4) is 0 Å². The van der Waals surface area contributed by atoms with Gasteiger partial charge < -0.3 is 14.7 Å². The number of benzene rings is 1. The highest BCUT2D eigenvalue weighted by Gasteiger charge is 2.12. The van der Waals surface area contributed by atoms with Gasteiger partial charge in [0.2, 0.25) is 0 Å². The Morgan fingerprint density at radius 2 is 1.46 bits per heavy atom. The molecule has 0 radical (unpaired) electrons. The molecule has 24 heavy (non-hydrogen) atoms. The fourth-order valence-corrected chi connectivity index (χ4v) is 3.01. The molecule has 3 nitrogen and oxygen atoms in total. The quantitative estimate of drug-likeness (QED) is 0.432. The summed E-state index contributed by atoms with van der Waals surface area (Å²) in [6.45, 7) is 6.68. The number of unbranched alkanes of at least 4 members (excludes halogenated alkanes) is 3. The lowest BCUT2D eigenvalue weighted by molar-refractivity contribution is 0.258. The molecule has 134 valence electrons. The molecule has 0 amide bonds. The monoisotopic (exact) mass is 332 g/mol. The Bertz CT molecular complexity index is 498. The summed E-state index contributed by atoms with van der Waals surface area (Å²) >= 11 is 0. The molecule has 0 atom stereocenters. The largest absolute Gasteiger partial charge is 0.707 e. The molecule has 0 fully saturated rings. The van der Waals surface area contributed by atoms with Crippen LogP contribution in [0.15, 0.2) is 18.4 Å². The van der Waals surface area contributed by atoms with Gasteiger partial charge >= 0.3 is 7.32 Å². The highest BCUT2D eigenvalue weighted by atomic mass is 16.6. The van der Waals surface area contributed by atoms with E-state index in [1.807, 2.05) is 6.08 Å². The summed E-state index contributed by atoms with van der Waals surface area (Å²) in [5, 5.41) is 17.7. The molecule has 1 rings (SSSR count). The predicted octanol–water partition coefficient (Wildman–Crippen LogP) is 4.67. The van der Waals surface area contributed by atoms with E-state index >= 15 is 0 Å². The van der Waals surface area contributed by atoms with Crippen LogP contribution in [-0.2, 0) is 23.9 Å². The zero-order chi connectivity index (χ0) is 17.8. The molecule has 0 aliphatic heterocycles. The third kappa shape index (κ3) is 7.10. The van der Waals surface area contributed by atoms with E-state index in [2.05, 4.69) is 32.9 Å². The summed E-state index contributed by atoms with van der Waals surface area (Å²) in [5.74, 6) is 0. The summed E-state index contributed by atoms with van der Waals surface area (Å²) in [4.78, 5) is 0. The van der Waals surface area contributed by atoms with Crippen molar-refractivity contribution >= 4 is 13.4 Å². The van der Waals surface area contributed by atoms with E-state index in [0.29, 0.717) is 0 Å². The lowest BCUT2D eigenvalue weighted by atomic mass is 9.87. The third-order valence-electron chi connectivity index (χ3n) is 4.37. The SMILES string of the molecule is CCCCc1ccc(C=COB(O)O)c(CCCC)c1CCCC. The Labute approximate surface area is 147 Å². The molecule has 0 saturated carbocycles. The smallest absolute Gasteiger partial charge is 0.518 e. The molecule has 0 saturated heterocycles. The minimum absolute atomic E-state index is 1.07. The van der Waals surface area contributed by atoms with Crippen molar-refractivity contribution in [3.63, 3.8) is 0 Å². The van der Waals surface area contributed by atoms with E-state index in [4.69, 9.17) is 14.7 Å². The average molecular weight is 332 g/mol. The number of rotatable bonds is 12. The molecule has 2 N–H and O–H groups in total. The topological polar surface area (TPSA) is 49.7 Å². The van der Waals surface area contributed by atoms with E-state index < -0.39 is 7.32 Å². The Kier molecular flexibility index (Phi) is 10.5. The van der Waals surface area contributed by atoms with Crippen LogP contribution in [0.5, 0.6) is 0 Å². The van der Waals surface area contributed by atoms with Gasteiger partial charge in [-0.2, -0.15) is 0 Å². The van der Waals surface area contributed by atoms with Gasteiger partial charge in [-0.05, 0) is 66.9 Å². The van der Waals surface area contributed by atoms with E-state index in [1.54, 1.807) is 0 Å². The molecule has 1 aromatic rings. The number of hydrogen-bond acceptors (Lipinski definition) is 3. The normalized spacial score (nSPS) is 11.2. The number of hydrogen-bond donors (Lipinski definition) is 2. The van der Waals surface area contributed by atoms with Crippen molar-refractivity contribution in [2.24, 2.45) is 0 Å². The zero-order valence-electron chi connectivity index (χ0n) is 15.6. The van der Waals surface area contributed by atoms with Crippen molar-refractivity contribution in [2.45, 2.75) is 78.6 Å². The Hall–Kier alpha value is -1.26. The standard InChI is InChI=1S/C20H33BO3/c1-4-7-10-17-13-14-18(15-16-24-21(22)23)20(12-9-6-3)19(17)11-8-5-2/h13-16,22-23H,4-12H2,1-3H3. The highest BCUT2D eigenvalue weighted by Crippen LogP contribution is 2.26. The minimum Gasteiger partial charge on any atom is -0.518 e. The van der Waals surface area contributed by atoms with Crippen molar-refractivity contribution in [1.82, 2.24) is 0 Å². The summed E-state index contributed by atoms with van der Waals surface area (Å²) in [6.07, 6.45) is 13.7.